The van der Waals surface area contributed by atoms with E-state index >= 15 is 0 Å². The number of anilines is 1. The zero-order valence-electron chi connectivity index (χ0n) is 20.5. The quantitative estimate of drug-likeness (QED) is 0.203. The van der Waals surface area contributed by atoms with Crippen LogP contribution in [0.4, 0.5) is 5.13 Å². The van der Waals surface area contributed by atoms with Crippen molar-refractivity contribution in [1.82, 2.24) is 9.36 Å². The van der Waals surface area contributed by atoms with Gasteiger partial charge in [0.05, 0.1) is 25.6 Å². The third-order valence-corrected chi connectivity index (χ3v) is 7.62. The van der Waals surface area contributed by atoms with Crippen molar-refractivity contribution in [1.29, 1.82) is 5.26 Å². The van der Waals surface area contributed by atoms with Gasteiger partial charge in [-0.05, 0) is 61.9 Å². The van der Waals surface area contributed by atoms with E-state index in [1.807, 2.05) is 30.3 Å². The molecule has 0 bridgehead atoms. The minimum Gasteiger partial charge on any atom is -0.497 e. The molecule has 2 aromatic carbocycles. The number of nitriles is 1. The van der Waals surface area contributed by atoms with E-state index in [0.29, 0.717) is 30.9 Å². The highest BCUT2D eigenvalue weighted by molar-refractivity contribution is 7.91. The predicted octanol–water partition coefficient (Wildman–Crippen LogP) is 4.12. The summed E-state index contributed by atoms with van der Waals surface area (Å²) < 4.78 is 44.6. The Morgan fingerprint density at radius 2 is 1.62 bits per heavy atom. The van der Waals surface area contributed by atoms with Crippen LogP contribution in [-0.4, -0.2) is 49.3 Å². The van der Waals surface area contributed by atoms with Crippen LogP contribution < -0.4 is 19.5 Å². The van der Waals surface area contributed by atoms with Crippen LogP contribution in [0, 0.1) is 11.3 Å². The van der Waals surface area contributed by atoms with Crippen molar-refractivity contribution in [2.45, 2.75) is 30.7 Å². The van der Waals surface area contributed by atoms with Gasteiger partial charge in [0, 0.05) is 18.0 Å². The molecule has 0 saturated carbocycles. The molecule has 12 heteroatoms. The topological polar surface area (TPSA) is 140 Å². The second-order valence-electron chi connectivity index (χ2n) is 7.89. The first-order valence-electron chi connectivity index (χ1n) is 11.2. The summed E-state index contributed by atoms with van der Waals surface area (Å²) in [5.74, 6) is 1.43. The summed E-state index contributed by atoms with van der Waals surface area (Å²) >= 11 is 0.730. The van der Waals surface area contributed by atoms with Crippen LogP contribution in [0.15, 0.2) is 59.3 Å². The van der Waals surface area contributed by atoms with Crippen LogP contribution in [-0.2, 0) is 14.6 Å². The van der Waals surface area contributed by atoms with Crippen molar-refractivity contribution < 1.29 is 27.4 Å². The maximum atomic E-state index is 12.5. The number of ether oxygens (including phenoxy) is 3. The highest BCUT2D eigenvalue weighted by atomic mass is 32.2. The number of aromatic nitrogens is 2. The molecule has 1 aromatic heterocycles. The van der Waals surface area contributed by atoms with Gasteiger partial charge in [-0.2, -0.15) is 14.6 Å². The molecule has 0 fully saturated rings. The molecule has 10 nitrogen and oxygen atoms in total. The Bertz CT molecular complexity index is 1380. The molecule has 1 amide bonds. The van der Waals surface area contributed by atoms with Gasteiger partial charge in [0.25, 0.3) is 11.1 Å². The van der Waals surface area contributed by atoms with Gasteiger partial charge < -0.3 is 14.2 Å². The minimum atomic E-state index is -3.66. The van der Waals surface area contributed by atoms with E-state index < -0.39 is 21.0 Å². The largest absolute Gasteiger partial charge is 0.497 e. The van der Waals surface area contributed by atoms with Gasteiger partial charge in [-0.1, -0.05) is 12.1 Å². The molecule has 0 aliphatic rings. The maximum absolute atomic E-state index is 12.5. The fourth-order valence-corrected chi connectivity index (χ4v) is 4.53. The van der Waals surface area contributed by atoms with Crippen LogP contribution in [0.1, 0.15) is 25.8 Å². The maximum Gasteiger partial charge on any atom is 0.268 e. The molecular weight excluding hydrogens is 516 g/mol. The Balaban J connectivity index is 1.50. The summed E-state index contributed by atoms with van der Waals surface area (Å²) in [5.41, 5.74) is 0.440. The molecular formula is C25H26N4O6S2. The monoisotopic (exact) mass is 542 g/mol. The van der Waals surface area contributed by atoms with E-state index in [9.17, 15) is 18.5 Å². The number of methoxy groups -OCH3 is 1. The van der Waals surface area contributed by atoms with Crippen molar-refractivity contribution in [3.63, 3.8) is 0 Å². The number of hydrogen-bond acceptors (Lipinski definition) is 10. The summed E-state index contributed by atoms with van der Waals surface area (Å²) in [4.78, 5) is 16.4. The molecule has 1 heterocycles. The van der Waals surface area contributed by atoms with E-state index in [1.54, 1.807) is 31.4 Å². The Labute approximate surface area is 219 Å². The Kier molecular flexibility index (Phi) is 9.59. The molecule has 0 radical (unpaired) electrons. The highest BCUT2D eigenvalue weighted by Gasteiger charge is 2.25. The number of carbonyl (C=O) groups is 1. The first-order chi connectivity index (χ1) is 17.7. The fourth-order valence-electron chi connectivity index (χ4n) is 2.84. The van der Waals surface area contributed by atoms with Gasteiger partial charge in [-0.25, -0.2) is 8.42 Å². The van der Waals surface area contributed by atoms with E-state index in [-0.39, 0.29) is 15.9 Å². The van der Waals surface area contributed by atoms with Crippen LogP contribution in [0.5, 0.6) is 17.2 Å². The SMILES string of the molecule is COc1ccc(OCCCOc2ccc(/C=C(/C#N)C(=O)Nc3nc(S(=O)(=O)C(C)C)ns3)cc2)cc1. The lowest BCUT2D eigenvalue weighted by Gasteiger charge is -2.09. The summed E-state index contributed by atoms with van der Waals surface area (Å²) in [6.07, 6.45) is 2.09. The lowest BCUT2D eigenvalue weighted by Crippen LogP contribution is -2.16. The summed E-state index contributed by atoms with van der Waals surface area (Å²) in [6, 6.07) is 16.1. The van der Waals surface area contributed by atoms with E-state index in [4.69, 9.17) is 14.2 Å². The highest BCUT2D eigenvalue weighted by Crippen LogP contribution is 2.20. The normalized spacial score (nSPS) is 11.6. The smallest absolute Gasteiger partial charge is 0.268 e. The average molecular weight is 543 g/mol. The second kappa shape index (κ2) is 12.8. The van der Waals surface area contributed by atoms with E-state index in [2.05, 4.69) is 14.7 Å². The van der Waals surface area contributed by atoms with Crippen LogP contribution in [0.2, 0.25) is 0 Å². The first kappa shape index (κ1) is 27.6. The fraction of sp³-hybridized carbons (Fsp3) is 0.280. The predicted molar refractivity (Wildman–Crippen MR) is 139 cm³/mol. The lowest BCUT2D eigenvalue weighted by atomic mass is 10.1. The molecule has 0 saturated heterocycles. The molecule has 0 aliphatic heterocycles. The molecule has 0 atom stereocenters. The number of amides is 1. The molecule has 0 spiro atoms. The van der Waals surface area contributed by atoms with Crippen molar-refractivity contribution in [3.05, 3.63) is 59.7 Å². The standard InChI is InChI=1S/C25H26N4O6S2/c1-17(2)37(31,32)25-28-24(36-29-25)27-23(30)19(16-26)15-18-5-7-21(8-6-18)34-13-4-14-35-22-11-9-20(33-3)10-12-22/h5-12,15,17H,4,13-14H2,1-3H3,(H,27,28,29,30)/b19-15-. The lowest BCUT2D eigenvalue weighted by molar-refractivity contribution is -0.112. The Hall–Kier alpha value is -3.95. The van der Waals surface area contributed by atoms with Crippen molar-refractivity contribution in [3.8, 4) is 23.3 Å². The van der Waals surface area contributed by atoms with Gasteiger partial charge in [-0.3, -0.25) is 10.1 Å². The van der Waals surface area contributed by atoms with Crippen molar-refractivity contribution in [2.24, 2.45) is 0 Å². The van der Waals surface area contributed by atoms with Gasteiger partial charge in [0.2, 0.25) is 15.0 Å². The van der Waals surface area contributed by atoms with E-state index in [1.165, 1.54) is 19.9 Å². The molecule has 1 N–H and O–H groups in total. The summed E-state index contributed by atoms with van der Waals surface area (Å²) in [6.45, 7) is 3.97. The molecule has 37 heavy (non-hydrogen) atoms. The number of hydrogen-bond donors (Lipinski definition) is 1. The number of benzene rings is 2. The van der Waals surface area contributed by atoms with Gasteiger partial charge in [-0.15, -0.1) is 0 Å². The second-order valence-corrected chi connectivity index (χ2v) is 11.0. The Morgan fingerprint density at radius 1 is 1.05 bits per heavy atom. The van der Waals surface area contributed by atoms with E-state index in [0.717, 1.165) is 23.0 Å². The van der Waals surface area contributed by atoms with Crippen molar-refractivity contribution in [2.75, 3.05) is 25.6 Å². The summed E-state index contributed by atoms with van der Waals surface area (Å²) in [5, 5.41) is 10.8. The summed E-state index contributed by atoms with van der Waals surface area (Å²) in [7, 11) is -2.05. The van der Waals surface area contributed by atoms with Gasteiger partial charge >= 0.3 is 0 Å². The van der Waals surface area contributed by atoms with Crippen LogP contribution in [0.25, 0.3) is 6.08 Å². The Morgan fingerprint density at radius 3 is 2.16 bits per heavy atom. The first-order valence-corrected chi connectivity index (χ1v) is 13.6. The van der Waals surface area contributed by atoms with Gasteiger partial charge in [0.1, 0.15) is 28.9 Å². The number of nitrogens with zero attached hydrogens (tertiary/aromatic N) is 3. The molecule has 3 aromatic rings. The third-order valence-electron chi connectivity index (χ3n) is 4.94. The number of sulfone groups is 1. The van der Waals surface area contributed by atoms with Crippen LogP contribution in [0.3, 0.4) is 0 Å². The molecule has 3 rings (SSSR count). The van der Waals surface area contributed by atoms with Crippen molar-refractivity contribution >= 4 is 38.5 Å². The number of rotatable bonds is 12. The molecule has 194 valence electrons. The average Bonchev–Trinajstić information content (AvgIpc) is 3.37. The zero-order valence-corrected chi connectivity index (χ0v) is 22.1. The number of carbonyl (C=O) groups excluding carboxylic acids is 1. The number of nitrogens with one attached hydrogen (secondary N) is 1. The zero-order chi connectivity index (χ0) is 26.8. The molecule has 0 aliphatic carbocycles. The van der Waals surface area contributed by atoms with Crippen LogP contribution >= 0.6 is 11.5 Å². The van der Waals surface area contributed by atoms with Gasteiger partial charge in [0.15, 0.2) is 0 Å². The minimum absolute atomic E-state index is 0.00917. The third kappa shape index (κ3) is 7.77. The molecule has 0 unspecified atom stereocenters.